The van der Waals surface area contributed by atoms with Crippen molar-refractivity contribution in [3.05, 3.63) is 0 Å². The molecule has 4 unspecified atom stereocenters. The Balaban J connectivity index is 7.91. The van der Waals surface area contributed by atoms with Crippen LogP contribution in [0.15, 0.2) is 0 Å². The van der Waals surface area contributed by atoms with E-state index in [0.717, 1.165) is 17.8 Å². The zero-order valence-corrected chi connectivity index (χ0v) is 26.1. The van der Waals surface area contributed by atoms with Gasteiger partial charge in [-0.2, -0.15) is 0 Å². The van der Waals surface area contributed by atoms with E-state index in [2.05, 4.69) is 104 Å². The molecule has 0 amide bonds. The van der Waals surface area contributed by atoms with Gasteiger partial charge in [0.25, 0.3) is 0 Å². The Morgan fingerprint density at radius 1 is 0.455 bits per heavy atom. The molecule has 0 aliphatic carbocycles. The summed E-state index contributed by atoms with van der Waals surface area (Å²) in [5.74, 6) is 2.90. The van der Waals surface area contributed by atoms with E-state index in [4.69, 9.17) is 0 Å². The Hall–Kier alpha value is -0.0400. The van der Waals surface area contributed by atoms with Gasteiger partial charge in [0.1, 0.15) is 5.54 Å². The first-order valence-electron chi connectivity index (χ1n) is 15.1. The van der Waals surface area contributed by atoms with Gasteiger partial charge in [-0.3, -0.25) is 0 Å². The molecule has 0 saturated carbocycles. The Morgan fingerprint density at radius 3 is 0.909 bits per heavy atom. The standard InChI is InChI=1S/C32H68N/c1-16-28(13)33(29(14)17-2,30(15)18-3)32(19-4,23-27(11)12)31(20-24(5)6,21-25(7)8)22-26(9)10/h24-30H,16-23H2,1-15H3/q+1. The molecule has 1 nitrogen and oxygen atoms in total. The highest BCUT2D eigenvalue weighted by Crippen LogP contribution is 2.60. The van der Waals surface area contributed by atoms with Crippen LogP contribution in [0.3, 0.4) is 0 Å². The third-order valence-electron chi connectivity index (χ3n) is 9.42. The summed E-state index contributed by atoms with van der Waals surface area (Å²) >= 11 is 0. The second-order valence-electron chi connectivity index (χ2n) is 13.7. The van der Waals surface area contributed by atoms with Gasteiger partial charge in [-0.15, -0.1) is 0 Å². The molecule has 0 rings (SSSR count). The third-order valence-corrected chi connectivity index (χ3v) is 9.42. The SMILES string of the molecule is CCC(C)[N+](C(C)CC)(C(C)CC)C(CC)(CC(C)C)C(CC(C)C)(CC(C)C)CC(C)C. The van der Waals surface area contributed by atoms with E-state index >= 15 is 0 Å². The van der Waals surface area contributed by atoms with Crippen molar-refractivity contribution < 1.29 is 4.48 Å². The molecular formula is C32H68N+. The first-order valence-corrected chi connectivity index (χ1v) is 15.1. The molecule has 0 fully saturated rings. The van der Waals surface area contributed by atoms with Gasteiger partial charge in [0.2, 0.25) is 0 Å². The van der Waals surface area contributed by atoms with E-state index < -0.39 is 0 Å². The Kier molecular flexibility index (Phi) is 13.9. The van der Waals surface area contributed by atoms with Crippen molar-refractivity contribution in [2.24, 2.45) is 29.1 Å². The van der Waals surface area contributed by atoms with E-state index in [0.29, 0.717) is 35.0 Å². The lowest BCUT2D eigenvalue weighted by Crippen LogP contribution is -2.80. The second-order valence-corrected chi connectivity index (χ2v) is 13.7. The lowest BCUT2D eigenvalue weighted by atomic mass is 9.52. The van der Waals surface area contributed by atoms with Crippen molar-refractivity contribution in [2.75, 3.05) is 0 Å². The van der Waals surface area contributed by atoms with Crippen LogP contribution in [0.5, 0.6) is 0 Å². The van der Waals surface area contributed by atoms with E-state index in [9.17, 15) is 0 Å². The fourth-order valence-corrected chi connectivity index (χ4v) is 8.89. The van der Waals surface area contributed by atoms with Crippen LogP contribution in [0.25, 0.3) is 0 Å². The monoisotopic (exact) mass is 467 g/mol. The zero-order chi connectivity index (χ0) is 26.2. The maximum Gasteiger partial charge on any atom is 0.105 e. The summed E-state index contributed by atoms with van der Waals surface area (Å²) in [7, 11) is 0. The summed E-state index contributed by atoms with van der Waals surface area (Å²) < 4.78 is 1.33. The smallest absolute Gasteiger partial charge is 0.105 e. The fraction of sp³-hybridized carbons (Fsp3) is 1.00. The third kappa shape index (κ3) is 6.80. The normalized spacial score (nSPS) is 19.7. The Labute approximate surface area is 212 Å². The van der Waals surface area contributed by atoms with Crippen LogP contribution in [-0.2, 0) is 0 Å². The minimum atomic E-state index is 0.292. The molecule has 1 heteroatoms. The fourth-order valence-electron chi connectivity index (χ4n) is 8.89. The molecule has 0 heterocycles. The second kappa shape index (κ2) is 13.9. The van der Waals surface area contributed by atoms with Gasteiger partial charge >= 0.3 is 0 Å². The Morgan fingerprint density at radius 2 is 0.727 bits per heavy atom. The quantitative estimate of drug-likeness (QED) is 0.187. The predicted octanol–water partition coefficient (Wildman–Crippen LogP) is 10.5. The first-order chi connectivity index (χ1) is 15.2. The molecule has 0 bridgehead atoms. The molecule has 0 aromatic heterocycles. The molecule has 33 heavy (non-hydrogen) atoms. The molecule has 0 aromatic carbocycles. The van der Waals surface area contributed by atoms with Crippen molar-refractivity contribution in [3.63, 3.8) is 0 Å². The van der Waals surface area contributed by atoms with Gasteiger partial charge < -0.3 is 4.48 Å². The number of hydrogen-bond donors (Lipinski definition) is 0. The highest BCUT2D eigenvalue weighted by Gasteiger charge is 2.66. The van der Waals surface area contributed by atoms with Gasteiger partial charge in [-0.05, 0) is 83.0 Å². The summed E-state index contributed by atoms with van der Waals surface area (Å²) in [6.07, 6.45) is 10.6. The maximum atomic E-state index is 2.62. The van der Waals surface area contributed by atoms with Crippen molar-refractivity contribution in [3.8, 4) is 0 Å². The van der Waals surface area contributed by atoms with Crippen LogP contribution in [0.2, 0.25) is 0 Å². The maximum absolute atomic E-state index is 2.62. The summed E-state index contributed by atoms with van der Waals surface area (Å²) in [6, 6.07) is 2.04. The van der Waals surface area contributed by atoms with E-state index in [1.807, 2.05) is 0 Å². The van der Waals surface area contributed by atoms with Gasteiger partial charge in [0.05, 0.1) is 18.1 Å². The molecule has 0 radical (unpaired) electrons. The lowest BCUT2D eigenvalue weighted by molar-refractivity contribution is -1.04. The Bertz CT molecular complexity index is 464. The number of quaternary nitrogens is 1. The summed E-state index contributed by atoms with van der Waals surface area (Å²) in [5, 5.41) is 0. The van der Waals surface area contributed by atoms with Crippen LogP contribution >= 0.6 is 0 Å². The molecule has 0 spiro atoms. The van der Waals surface area contributed by atoms with Crippen LogP contribution in [0.1, 0.15) is 155 Å². The molecular weight excluding hydrogens is 398 g/mol. The van der Waals surface area contributed by atoms with Crippen molar-refractivity contribution in [1.29, 1.82) is 0 Å². The van der Waals surface area contributed by atoms with E-state index in [-0.39, 0.29) is 0 Å². The number of nitrogens with zero attached hydrogens (tertiary/aromatic N) is 1. The average molecular weight is 467 g/mol. The molecule has 0 aliphatic rings. The van der Waals surface area contributed by atoms with Crippen LogP contribution in [-0.4, -0.2) is 28.1 Å². The van der Waals surface area contributed by atoms with Gasteiger partial charge in [-0.1, -0.05) is 83.1 Å². The molecule has 0 saturated heterocycles. The van der Waals surface area contributed by atoms with E-state index in [1.54, 1.807) is 0 Å². The molecule has 4 atom stereocenters. The highest BCUT2D eigenvalue weighted by atomic mass is 15.5. The summed E-state index contributed by atoms with van der Waals surface area (Å²) in [4.78, 5) is 0. The largest absolute Gasteiger partial charge is 0.312 e. The average Bonchev–Trinajstić information content (AvgIpc) is 2.70. The topological polar surface area (TPSA) is 0 Å². The summed E-state index contributed by atoms with van der Waals surface area (Å²) in [5.41, 5.74) is 0.652. The molecule has 0 N–H and O–H groups in total. The summed E-state index contributed by atoms with van der Waals surface area (Å²) in [6.45, 7) is 37.8. The number of rotatable bonds is 17. The molecule has 200 valence electrons. The van der Waals surface area contributed by atoms with Crippen molar-refractivity contribution in [2.45, 2.75) is 179 Å². The first kappa shape index (κ1) is 33.0. The van der Waals surface area contributed by atoms with Crippen LogP contribution < -0.4 is 0 Å². The molecule has 0 aromatic rings. The molecule has 0 aliphatic heterocycles. The van der Waals surface area contributed by atoms with Gasteiger partial charge in [0.15, 0.2) is 0 Å². The van der Waals surface area contributed by atoms with Crippen LogP contribution in [0.4, 0.5) is 0 Å². The van der Waals surface area contributed by atoms with Crippen LogP contribution in [0, 0.1) is 29.1 Å². The van der Waals surface area contributed by atoms with E-state index in [1.165, 1.54) is 55.8 Å². The highest BCUT2D eigenvalue weighted by molar-refractivity contribution is 5.04. The van der Waals surface area contributed by atoms with Gasteiger partial charge in [0, 0.05) is 18.3 Å². The minimum absolute atomic E-state index is 0.292. The predicted molar refractivity (Wildman–Crippen MR) is 153 cm³/mol. The van der Waals surface area contributed by atoms with Crippen molar-refractivity contribution >= 4 is 0 Å². The number of hydrogen-bond acceptors (Lipinski definition) is 0. The van der Waals surface area contributed by atoms with Crippen molar-refractivity contribution in [1.82, 2.24) is 0 Å². The lowest BCUT2D eigenvalue weighted by Gasteiger charge is -2.70. The zero-order valence-electron chi connectivity index (χ0n) is 26.1. The minimum Gasteiger partial charge on any atom is -0.312 e. The van der Waals surface area contributed by atoms with Gasteiger partial charge in [-0.25, -0.2) is 0 Å².